The van der Waals surface area contributed by atoms with Crippen molar-refractivity contribution in [3.63, 3.8) is 0 Å². The molecule has 0 saturated heterocycles. The molecule has 0 spiro atoms. The maximum atomic E-state index is 5.04. The fourth-order valence-electron chi connectivity index (χ4n) is 1.61. The molecule has 1 unspecified atom stereocenters. The van der Waals surface area contributed by atoms with Crippen LogP contribution in [0.15, 0.2) is 0 Å². The van der Waals surface area contributed by atoms with Crippen molar-refractivity contribution in [2.75, 3.05) is 20.3 Å². The summed E-state index contributed by atoms with van der Waals surface area (Å²) in [5, 5.41) is 3.58. The van der Waals surface area contributed by atoms with E-state index in [2.05, 4.69) is 26.1 Å². The maximum absolute atomic E-state index is 5.04. The van der Waals surface area contributed by atoms with Gasteiger partial charge in [-0.15, -0.1) is 0 Å². The molecule has 0 aliphatic rings. The number of hydrogen-bond acceptors (Lipinski definition) is 2. The molecule has 86 valence electrons. The van der Waals surface area contributed by atoms with Gasteiger partial charge in [0, 0.05) is 19.2 Å². The second-order valence-electron chi connectivity index (χ2n) is 4.29. The molecule has 1 N–H and O–H groups in total. The summed E-state index contributed by atoms with van der Waals surface area (Å²) in [5.74, 6) is 0. The third-order valence-corrected chi connectivity index (χ3v) is 2.97. The molecular weight excluding hydrogens is 174 g/mol. The highest BCUT2D eigenvalue weighted by Gasteiger charge is 2.19. The van der Waals surface area contributed by atoms with Gasteiger partial charge in [-0.25, -0.2) is 0 Å². The third kappa shape index (κ3) is 6.39. The first-order chi connectivity index (χ1) is 6.68. The van der Waals surface area contributed by atoms with Crippen molar-refractivity contribution >= 4 is 0 Å². The highest BCUT2D eigenvalue weighted by molar-refractivity contribution is 4.81. The van der Waals surface area contributed by atoms with Gasteiger partial charge < -0.3 is 10.1 Å². The van der Waals surface area contributed by atoms with E-state index in [1.807, 2.05) is 0 Å². The molecule has 0 bridgehead atoms. The normalized spacial score (nSPS) is 15.4. The SMILES string of the molecule is CCCCCC(C)(CC)NCCOC. The second-order valence-corrected chi connectivity index (χ2v) is 4.29. The van der Waals surface area contributed by atoms with Gasteiger partial charge in [-0.05, 0) is 19.8 Å². The van der Waals surface area contributed by atoms with E-state index in [9.17, 15) is 0 Å². The predicted molar refractivity (Wildman–Crippen MR) is 62.7 cm³/mol. The van der Waals surface area contributed by atoms with Crippen LogP contribution in [0.5, 0.6) is 0 Å². The van der Waals surface area contributed by atoms with Gasteiger partial charge in [0.05, 0.1) is 6.61 Å². The minimum atomic E-state index is 0.313. The highest BCUT2D eigenvalue weighted by atomic mass is 16.5. The molecule has 0 fully saturated rings. The van der Waals surface area contributed by atoms with Gasteiger partial charge >= 0.3 is 0 Å². The molecule has 0 rings (SSSR count). The molecule has 0 aliphatic carbocycles. The Kier molecular flexibility index (Phi) is 8.20. The zero-order valence-electron chi connectivity index (χ0n) is 10.4. The van der Waals surface area contributed by atoms with Crippen LogP contribution >= 0.6 is 0 Å². The molecule has 1 atom stereocenters. The molecule has 14 heavy (non-hydrogen) atoms. The van der Waals surface area contributed by atoms with Crippen molar-refractivity contribution < 1.29 is 4.74 Å². The Hall–Kier alpha value is -0.0800. The summed E-state index contributed by atoms with van der Waals surface area (Å²) in [6.45, 7) is 8.60. The smallest absolute Gasteiger partial charge is 0.0587 e. The van der Waals surface area contributed by atoms with E-state index in [0.29, 0.717) is 5.54 Å². The highest BCUT2D eigenvalue weighted by Crippen LogP contribution is 2.18. The monoisotopic (exact) mass is 201 g/mol. The summed E-state index contributed by atoms with van der Waals surface area (Å²) in [7, 11) is 1.75. The standard InChI is InChI=1S/C12H27NO/c1-5-7-8-9-12(3,6-2)13-10-11-14-4/h13H,5-11H2,1-4H3. The lowest BCUT2D eigenvalue weighted by Gasteiger charge is -2.30. The fraction of sp³-hybridized carbons (Fsp3) is 1.00. The van der Waals surface area contributed by atoms with Crippen LogP contribution < -0.4 is 5.32 Å². The summed E-state index contributed by atoms with van der Waals surface area (Å²) >= 11 is 0. The quantitative estimate of drug-likeness (QED) is 0.579. The first-order valence-corrected chi connectivity index (χ1v) is 5.92. The van der Waals surface area contributed by atoms with Crippen molar-refractivity contribution in [1.29, 1.82) is 0 Å². The van der Waals surface area contributed by atoms with E-state index in [4.69, 9.17) is 4.74 Å². The topological polar surface area (TPSA) is 21.3 Å². The number of ether oxygens (including phenoxy) is 1. The van der Waals surface area contributed by atoms with Gasteiger partial charge in [-0.2, -0.15) is 0 Å². The Morgan fingerprint density at radius 1 is 1.21 bits per heavy atom. The largest absolute Gasteiger partial charge is 0.383 e. The van der Waals surface area contributed by atoms with Crippen LogP contribution in [-0.4, -0.2) is 25.8 Å². The van der Waals surface area contributed by atoms with Gasteiger partial charge in [-0.3, -0.25) is 0 Å². The van der Waals surface area contributed by atoms with Gasteiger partial charge in [0.1, 0.15) is 0 Å². The maximum Gasteiger partial charge on any atom is 0.0587 e. The average molecular weight is 201 g/mol. The van der Waals surface area contributed by atoms with Gasteiger partial charge in [0.15, 0.2) is 0 Å². The number of nitrogens with one attached hydrogen (secondary N) is 1. The fourth-order valence-corrected chi connectivity index (χ4v) is 1.61. The minimum Gasteiger partial charge on any atom is -0.383 e. The van der Waals surface area contributed by atoms with Gasteiger partial charge in [0.25, 0.3) is 0 Å². The second kappa shape index (κ2) is 8.25. The van der Waals surface area contributed by atoms with E-state index in [1.165, 1.54) is 32.1 Å². The summed E-state index contributed by atoms with van der Waals surface area (Å²) < 4.78 is 5.04. The zero-order chi connectivity index (χ0) is 10.9. The lowest BCUT2D eigenvalue weighted by Crippen LogP contribution is -2.43. The summed E-state index contributed by atoms with van der Waals surface area (Å²) in [6.07, 6.45) is 6.46. The Balaban J connectivity index is 3.67. The van der Waals surface area contributed by atoms with Crippen LogP contribution in [0.2, 0.25) is 0 Å². The van der Waals surface area contributed by atoms with Crippen LogP contribution in [0.3, 0.4) is 0 Å². The van der Waals surface area contributed by atoms with Crippen molar-refractivity contribution in [2.24, 2.45) is 0 Å². The molecule has 0 amide bonds. The first-order valence-electron chi connectivity index (χ1n) is 5.92. The number of unbranched alkanes of at least 4 members (excludes halogenated alkanes) is 2. The average Bonchev–Trinajstić information content (AvgIpc) is 2.19. The summed E-state index contributed by atoms with van der Waals surface area (Å²) in [5.41, 5.74) is 0.313. The molecular formula is C12H27NO. The molecule has 0 aromatic rings. The Morgan fingerprint density at radius 3 is 2.43 bits per heavy atom. The van der Waals surface area contributed by atoms with Crippen LogP contribution in [0.1, 0.15) is 52.9 Å². The Labute approximate surface area is 89.4 Å². The zero-order valence-corrected chi connectivity index (χ0v) is 10.4. The van der Waals surface area contributed by atoms with Crippen molar-refractivity contribution in [1.82, 2.24) is 5.32 Å². The van der Waals surface area contributed by atoms with Gasteiger partial charge in [-0.1, -0.05) is 33.1 Å². The van der Waals surface area contributed by atoms with E-state index in [-0.39, 0.29) is 0 Å². The molecule has 0 aromatic heterocycles. The van der Waals surface area contributed by atoms with E-state index >= 15 is 0 Å². The molecule has 0 saturated carbocycles. The van der Waals surface area contributed by atoms with E-state index < -0.39 is 0 Å². The number of hydrogen-bond donors (Lipinski definition) is 1. The van der Waals surface area contributed by atoms with Crippen molar-refractivity contribution in [3.8, 4) is 0 Å². The number of methoxy groups -OCH3 is 1. The molecule has 0 aliphatic heterocycles. The van der Waals surface area contributed by atoms with Crippen LogP contribution in [0.4, 0.5) is 0 Å². The van der Waals surface area contributed by atoms with Crippen LogP contribution in [-0.2, 0) is 4.74 Å². The third-order valence-electron chi connectivity index (χ3n) is 2.97. The molecule has 2 nitrogen and oxygen atoms in total. The number of rotatable bonds is 9. The Morgan fingerprint density at radius 2 is 1.93 bits per heavy atom. The van der Waals surface area contributed by atoms with E-state index in [0.717, 1.165) is 13.2 Å². The lowest BCUT2D eigenvalue weighted by atomic mass is 9.91. The predicted octanol–water partition coefficient (Wildman–Crippen LogP) is 2.97. The Bertz CT molecular complexity index is 115. The molecule has 0 heterocycles. The summed E-state index contributed by atoms with van der Waals surface area (Å²) in [6, 6.07) is 0. The van der Waals surface area contributed by atoms with Crippen molar-refractivity contribution in [2.45, 2.75) is 58.4 Å². The minimum absolute atomic E-state index is 0.313. The first kappa shape index (κ1) is 13.9. The lowest BCUT2D eigenvalue weighted by molar-refractivity contribution is 0.182. The molecule has 2 heteroatoms. The molecule has 0 radical (unpaired) electrons. The van der Waals surface area contributed by atoms with E-state index in [1.54, 1.807) is 7.11 Å². The summed E-state index contributed by atoms with van der Waals surface area (Å²) in [4.78, 5) is 0. The molecule has 0 aromatic carbocycles. The van der Waals surface area contributed by atoms with Crippen LogP contribution in [0, 0.1) is 0 Å². The van der Waals surface area contributed by atoms with Crippen LogP contribution in [0.25, 0.3) is 0 Å². The van der Waals surface area contributed by atoms with Gasteiger partial charge in [0.2, 0.25) is 0 Å². The van der Waals surface area contributed by atoms with Crippen molar-refractivity contribution in [3.05, 3.63) is 0 Å².